The Morgan fingerprint density at radius 2 is 1.33 bits per heavy atom. The highest BCUT2D eigenvalue weighted by Crippen LogP contribution is 2.41. The van der Waals surface area contributed by atoms with Gasteiger partial charge in [-0.15, -0.1) is 0 Å². The zero-order chi connectivity index (χ0) is 32.3. The molecule has 0 bridgehead atoms. The number of ether oxygens (including phenoxy) is 2. The van der Waals surface area contributed by atoms with Crippen molar-refractivity contribution in [3.8, 4) is 0 Å². The second-order valence-corrected chi connectivity index (χ2v) is 25.3. The van der Waals surface area contributed by atoms with Crippen LogP contribution in [0, 0.1) is 5.92 Å². The Balaban J connectivity index is 1.99. The predicted octanol–water partition coefficient (Wildman–Crippen LogP) is 8.88. The normalized spacial score (nSPS) is 22.1. The van der Waals surface area contributed by atoms with Crippen LogP contribution in [0.5, 0.6) is 0 Å². The van der Waals surface area contributed by atoms with Crippen molar-refractivity contribution in [1.82, 2.24) is 0 Å². The van der Waals surface area contributed by atoms with Crippen LogP contribution < -0.4 is 10.4 Å². The van der Waals surface area contributed by atoms with Gasteiger partial charge in [0.25, 0.3) is 8.32 Å². The minimum Gasteiger partial charge on any atom is -0.408 e. The summed E-state index contributed by atoms with van der Waals surface area (Å²) in [5.74, 6) is -0.472. The number of halogens is 1. The van der Waals surface area contributed by atoms with E-state index in [4.69, 9.17) is 18.3 Å². The van der Waals surface area contributed by atoms with Crippen molar-refractivity contribution in [3.05, 3.63) is 72.8 Å². The molecule has 2 aromatic rings. The highest BCUT2D eigenvalue weighted by atomic mass is 127. The molecule has 43 heavy (non-hydrogen) atoms. The maximum absolute atomic E-state index is 7.44. The van der Waals surface area contributed by atoms with Gasteiger partial charge in [-0.05, 0) is 66.7 Å². The van der Waals surface area contributed by atoms with E-state index in [9.17, 15) is 0 Å². The lowest BCUT2D eigenvalue weighted by Gasteiger charge is -2.45. The molecular formula is C36H57IO4Si2. The van der Waals surface area contributed by atoms with Gasteiger partial charge in [-0.1, -0.05) is 144 Å². The molecule has 4 nitrogen and oxygen atoms in total. The molecule has 2 aromatic carbocycles. The van der Waals surface area contributed by atoms with Crippen molar-refractivity contribution >= 4 is 49.6 Å². The fourth-order valence-electron chi connectivity index (χ4n) is 5.72. The standard InChI is InChI=1S/C36H57IO4Si2/c1-27(23-24-32(41-42(11,12)34(3,4)5)33-31(25-26-37)38-36(9,10)39-33)28(2)40-43(35(6,7)8,29-19-15-13-16-20-29)30-21-17-14-18-22-30/h13-24,27-28,31-33H,25-26H2,1-12H3/b24-23-/t27-,28+,31-,32?,33-/m0/s1. The topological polar surface area (TPSA) is 36.9 Å². The smallest absolute Gasteiger partial charge is 0.261 e. The molecule has 1 aliphatic heterocycles. The Hall–Kier alpha value is -0.816. The highest BCUT2D eigenvalue weighted by Gasteiger charge is 2.52. The maximum atomic E-state index is 7.44. The first-order valence-electron chi connectivity index (χ1n) is 15.9. The van der Waals surface area contributed by atoms with Crippen LogP contribution in [0.3, 0.4) is 0 Å². The minimum absolute atomic E-state index is 0.00703. The van der Waals surface area contributed by atoms with Crippen molar-refractivity contribution in [3.63, 3.8) is 0 Å². The van der Waals surface area contributed by atoms with Gasteiger partial charge in [0.2, 0.25) is 0 Å². The molecule has 0 radical (unpaired) electrons. The van der Waals surface area contributed by atoms with E-state index in [0.717, 1.165) is 10.8 Å². The van der Waals surface area contributed by atoms with Crippen LogP contribution in [0.4, 0.5) is 0 Å². The van der Waals surface area contributed by atoms with Gasteiger partial charge in [0.05, 0.1) is 12.2 Å². The molecule has 0 saturated carbocycles. The third kappa shape index (κ3) is 8.71. The average molecular weight is 737 g/mol. The third-order valence-corrected chi connectivity index (χ3v) is 19.5. The molecule has 7 heteroatoms. The molecule has 1 heterocycles. The van der Waals surface area contributed by atoms with Gasteiger partial charge in [0.1, 0.15) is 6.10 Å². The van der Waals surface area contributed by atoms with Crippen LogP contribution in [0.1, 0.15) is 75.7 Å². The van der Waals surface area contributed by atoms with Crippen molar-refractivity contribution in [2.45, 2.75) is 129 Å². The van der Waals surface area contributed by atoms with E-state index in [1.54, 1.807) is 0 Å². The first-order valence-corrected chi connectivity index (χ1v) is 22.3. The van der Waals surface area contributed by atoms with Crippen LogP contribution in [-0.4, -0.2) is 51.3 Å². The molecule has 0 aromatic heterocycles. The number of hydrogen-bond donors (Lipinski definition) is 0. The summed E-state index contributed by atoms with van der Waals surface area (Å²) < 4.78 is 28.5. The van der Waals surface area contributed by atoms with E-state index in [1.807, 2.05) is 13.8 Å². The molecule has 1 saturated heterocycles. The van der Waals surface area contributed by atoms with Gasteiger partial charge in [-0.3, -0.25) is 0 Å². The van der Waals surface area contributed by atoms with Gasteiger partial charge in [0, 0.05) is 10.5 Å². The molecule has 0 aliphatic carbocycles. The summed E-state index contributed by atoms with van der Waals surface area (Å²) in [4.78, 5) is 0. The van der Waals surface area contributed by atoms with Gasteiger partial charge >= 0.3 is 0 Å². The largest absolute Gasteiger partial charge is 0.408 e. The highest BCUT2D eigenvalue weighted by molar-refractivity contribution is 14.1. The van der Waals surface area contributed by atoms with Gasteiger partial charge in [-0.2, -0.15) is 0 Å². The molecule has 3 rings (SSSR count). The first kappa shape index (κ1) is 36.6. The molecule has 5 atom stereocenters. The molecule has 0 amide bonds. The van der Waals surface area contributed by atoms with E-state index in [0.29, 0.717) is 0 Å². The Morgan fingerprint density at radius 1 is 0.814 bits per heavy atom. The summed E-state index contributed by atoms with van der Waals surface area (Å²) in [7, 11) is -4.76. The molecule has 0 spiro atoms. The first-order chi connectivity index (χ1) is 19.8. The van der Waals surface area contributed by atoms with Crippen molar-refractivity contribution in [2.24, 2.45) is 5.92 Å². The third-order valence-electron chi connectivity index (χ3n) is 9.30. The summed E-state index contributed by atoms with van der Waals surface area (Å²) >= 11 is 2.43. The van der Waals surface area contributed by atoms with E-state index in [1.165, 1.54) is 10.4 Å². The number of benzene rings is 2. The quantitative estimate of drug-likeness (QED) is 0.0945. The molecule has 0 N–H and O–H groups in total. The lowest BCUT2D eigenvalue weighted by Crippen LogP contribution is -2.67. The van der Waals surface area contributed by atoms with Gasteiger partial charge in [-0.25, -0.2) is 0 Å². The SMILES string of the molecule is C[C@@H](/C=C\C(O[Si](C)(C)C(C)(C)C)[C@H]1OC(C)(C)O[C@H]1CCI)[C@@H](C)O[Si](c1ccccc1)(c1ccccc1)C(C)(C)C. The Bertz CT molecular complexity index is 1130. The Labute approximate surface area is 278 Å². The predicted molar refractivity (Wildman–Crippen MR) is 196 cm³/mol. The summed E-state index contributed by atoms with van der Waals surface area (Å²) in [6, 6.07) is 21.8. The molecular weight excluding hydrogens is 679 g/mol. The van der Waals surface area contributed by atoms with Crippen molar-refractivity contribution < 1.29 is 18.3 Å². The van der Waals surface area contributed by atoms with Crippen LogP contribution >= 0.6 is 22.6 Å². The van der Waals surface area contributed by atoms with E-state index in [-0.39, 0.29) is 40.4 Å². The van der Waals surface area contributed by atoms with Crippen LogP contribution in [0.25, 0.3) is 0 Å². The Kier molecular flexibility index (Phi) is 12.2. The van der Waals surface area contributed by atoms with Crippen LogP contribution in [0.15, 0.2) is 72.8 Å². The minimum atomic E-state index is -2.66. The lowest BCUT2D eigenvalue weighted by molar-refractivity contribution is -0.151. The zero-order valence-corrected chi connectivity index (χ0v) is 32.9. The summed E-state index contributed by atoms with van der Waals surface area (Å²) in [5, 5.41) is 2.61. The summed E-state index contributed by atoms with van der Waals surface area (Å²) in [6.45, 7) is 27.1. The van der Waals surface area contributed by atoms with Gasteiger partial charge in [0.15, 0.2) is 14.1 Å². The average Bonchev–Trinajstić information content (AvgIpc) is 3.22. The zero-order valence-electron chi connectivity index (χ0n) is 28.7. The van der Waals surface area contributed by atoms with E-state index in [2.05, 4.69) is 164 Å². The Morgan fingerprint density at radius 3 is 1.77 bits per heavy atom. The summed E-state index contributed by atoms with van der Waals surface area (Å²) in [6.07, 6.45) is 5.12. The van der Waals surface area contributed by atoms with E-state index < -0.39 is 22.4 Å². The second kappa shape index (κ2) is 14.3. The number of alkyl halides is 1. The molecule has 1 fully saturated rings. The molecule has 1 aliphatic rings. The number of hydrogen-bond acceptors (Lipinski definition) is 4. The summed E-state index contributed by atoms with van der Waals surface area (Å²) in [5.41, 5.74) is 0. The van der Waals surface area contributed by atoms with Gasteiger partial charge < -0.3 is 18.3 Å². The van der Waals surface area contributed by atoms with Crippen molar-refractivity contribution in [2.75, 3.05) is 4.43 Å². The molecule has 240 valence electrons. The fourth-order valence-corrected chi connectivity index (χ4v) is 12.4. The lowest BCUT2D eigenvalue weighted by atomic mass is 10.0. The van der Waals surface area contributed by atoms with E-state index >= 15 is 0 Å². The fraction of sp³-hybridized carbons (Fsp3) is 0.611. The second-order valence-electron chi connectivity index (χ2n) is 15.2. The monoisotopic (exact) mass is 736 g/mol. The van der Waals surface area contributed by atoms with Crippen LogP contribution in [-0.2, 0) is 18.3 Å². The maximum Gasteiger partial charge on any atom is 0.261 e. The molecule has 1 unspecified atom stereocenters. The number of rotatable bonds is 12. The van der Waals surface area contributed by atoms with Crippen molar-refractivity contribution in [1.29, 1.82) is 0 Å². The van der Waals surface area contributed by atoms with Crippen LogP contribution in [0.2, 0.25) is 23.2 Å².